The van der Waals surface area contributed by atoms with Gasteiger partial charge in [-0.1, -0.05) is 30.3 Å². The largest absolute Gasteiger partial charge is 0.508 e. The number of carbonyl (C=O) groups is 1. The highest BCUT2D eigenvalue weighted by Gasteiger charge is 2.07. The summed E-state index contributed by atoms with van der Waals surface area (Å²) in [4.78, 5) is 16.2. The Labute approximate surface area is 145 Å². The Hall–Kier alpha value is -3.21. The minimum Gasteiger partial charge on any atom is -0.508 e. The van der Waals surface area contributed by atoms with Crippen molar-refractivity contribution in [3.63, 3.8) is 0 Å². The number of hydrogen-bond donors (Lipinski definition) is 2. The molecule has 0 atom stereocenters. The standard InChI is InChI=1S/C20H17FN2O2/c21-18-4-2-1-3-15(18)8-12-20(25)23-19-11-7-16(13-22-19)14-5-9-17(24)10-6-14/h1-7,9-11,13,24H,8,12H2,(H,22,23,25). The normalized spacial score (nSPS) is 10.4. The highest BCUT2D eigenvalue weighted by Crippen LogP contribution is 2.22. The Balaban J connectivity index is 1.58. The van der Waals surface area contributed by atoms with E-state index in [-0.39, 0.29) is 23.9 Å². The van der Waals surface area contributed by atoms with Crippen molar-refractivity contribution < 1.29 is 14.3 Å². The fraction of sp³-hybridized carbons (Fsp3) is 0.100. The maximum atomic E-state index is 13.5. The van der Waals surface area contributed by atoms with Crippen LogP contribution in [-0.4, -0.2) is 16.0 Å². The van der Waals surface area contributed by atoms with E-state index in [1.165, 1.54) is 6.07 Å². The van der Waals surface area contributed by atoms with E-state index >= 15 is 0 Å². The Morgan fingerprint density at radius 1 is 1.00 bits per heavy atom. The molecule has 0 spiro atoms. The number of phenols is 1. The van der Waals surface area contributed by atoms with Gasteiger partial charge in [0, 0.05) is 18.2 Å². The third kappa shape index (κ3) is 4.41. The van der Waals surface area contributed by atoms with Crippen LogP contribution in [0.15, 0.2) is 66.9 Å². The van der Waals surface area contributed by atoms with Gasteiger partial charge in [-0.25, -0.2) is 9.37 Å². The van der Waals surface area contributed by atoms with Crippen LogP contribution in [0.4, 0.5) is 10.2 Å². The van der Waals surface area contributed by atoms with Crippen LogP contribution in [0.25, 0.3) is 11.1 Å². The van der Waals surface area contributed by atoms with E-state index in [9.17, 15) is 14.3 Å². The maximum absolute atomic E-state index is 13.5. The summed E-state index contributed by atoms with van der Waals surface area (Å²) >= 11 is 0. The highest BCUT2D eigenvalue weighted by atomic mass is 19.1. The number of aromatic hydroxyl groups is 1. The van der Waals surface area contributed by atoms with E-state index in [1.807, 2.05) is 6.07 Å². The summed E-state index contributed by atoms with van der Waals surface area (Å²) in [5.41, 5.74) is 2.32. The minimum absolute atomic E-state index is 0.183. The summed E-state index contributed by atoms with van der Waals surface area (Å²) < 4.78 is 13.5. The third-order valence-corrected chi connectivity index (χ3v) is 3.81. The molecule has 25 heavy (non-hydrogen) atoms. The second-order valence-electron chi connectivity index (χ2n) is 5.62. The topological polar surface area (TPSA) is 62.2 Å². The molecule has 3 aromatic rings. The van der Waals surface area contributed by atoms with Gasteiger partial charge in [0.2, 0.25) is 5.91 Å². The molecular weight excluding hydrogens is 319 g/mol. The summed E-state index contributed by atoms with van der Waals surface area (Å²) in [6.07, 6.45) is 2.17. The predicted octanol–water partition coefficient (Wildman–Crippen LogP) is 4.16. The first-order valence-electron chi connectivity index (χ1n) is 7.90. The van der Waals surface area contributed by atoms with Gasteiger partial charge in [-0.15, -0.1) is 0 Å². The lowest BCUT2D eigenvalue weighted by Crippen LogP contribution is -2.13. The van der Waals surface area contributed by atoms with Crippen molar-refractivity contribution in [2.24, 2.45) is 0 Å². The molecule has 0 saturated heterocycles. The van der Waals surface area contributed by atoms with Crippen molar-refractivity contribution in [3.05, 3.63) is 78.2 Å². The Morgan fingerprint density at radius 2 is 1.72 bits per heavy atom. The highest BCUT2D eigenvalue weighted by molar-refractivity contribution is 5.90. The molecular formula is C20H17FN2O2. The van der Waals surface area contributed by atoms with Gasteiger partial charge in [0.25, 0.3) is 0 Å². The van der Waals surface area contributed by atoms with Crippen molar-refractivity contribution in [1.82, 2.24) is 4.98 Å². The number of rotatable bonds is 5. The first-order valence-corrected chi connectivity index (χ1v) is 7.90. The second-order valence-corrected chi connectivity index (χ2v) is 5.62. The van der Waals surface area contributed by atoms with E-state index in [2.05, 4.69) is 10.3 Å². The molecule has 1 amide bonds. The quantitative estimate of drug-likeness (QED) is 0.735. The van der Waals surface area contributed by atoms with Crippen LogP contribution in [0.5, 0.6) is 5.75 Å². The maximum Gasteiger partial charge on any atom is 0.225 e. The molecule has 1 aromatic heterocycles. The van der Waals surface area contributed by atoms with Crippen molar-refractivity contribution in [3.8, 4) is 16.9 Å². The number of nitrogens with zero attached hydrogens (tertiary/aromatic N) is 1. The van der Waals surface area contributed by atoms with E-state index in [0.717, 1.165) is 11.1 Å². The number of anilines is 1. The molecule has 1 heterocycles. The second kappa shape index (κ2) is 7.57. The summed E-state index contributed by atoms with van der Waals surface area (Å²) in [5.74, 6) is 0.135. The zero-order valence-electron chi connectivity index (χ0n) is 13.4. The molecule has 0 aliphatic rings. The van der Waals surface area contributed by atoms with E-state index < -0.39 is 0 Å². The van der Waals surface area contributed by atoms with Gasteiger partial charge in [0.15, 0.2) is 0 Å². The lowest BCUT2D eigenvalue weighted by Gasteiger charge is -2.07. The zero-order valence-corrected chi connectivity index (χ0v) is 13.4. The van der Waals surface area contributed by atoms with Gasteiger partial charge in [0.05, 0.1) is 0 Å². The lowest BCUT2D eigenvalue weighted by molar-refractivity contribution is -0.116. The average molecular weight is 336 g/mol. The summed E-state index contributed by atoms with van der Waals surface area (Å²) in [7, 11) is 0. The zero-order chi connectivity index (χ0) is 17.6. The number of nitrogens with one attached hydrogen (secondary N) is 1. The van der Waals surface area contributed by atoms with Crippen LogP contribution in [0, 0.1) is 5.82 Å². The molecule has 0 aliphatic heterocycles. The molecule has 5 heteroatoms. The van der Waals surface area contributed by atoms with E-state index in [0.29, 0.717) is 17.8 Å². The Bertz CT molecular complexity index is 862. The molecule has 126 valence electrons. The summed E-state index contributed by atoms with van der Waals surface area (Å²) in [5, 5.41) is 12.0. The van der Waals surface area contributed by atoms with Gasteiger partial charge < -0.3 is 10.4 Å². The van der Waals surface area contributed by atoms with Gasteiger partial charge in [-0.3, -0.25) is 4.79 Å². The van der Waals surface area contributed by atoms with Crippen molar-refractivity contribution in [2.75, 3.05) is 5.32 Å². The number of phenolic OH excluding ortho intramolecular Hbond substituents is 1. The molecule has 0 fully saturated rings. The molecule has 4 nitrogen and oxygen atoms in total. The molecule has 0 bridgehead atoms. The van der Waals surface area contributed by atoms with Crippen LogP contribution in [-0.2, 0) is 11.2 Å². The number of hydrogen-bond acceptors (Lipinski definition) is 3. The van der Waals surface area contributed by atoms with Gasteiger partial charge in [0.1, 0.15) is 17.4 Å². The van der Waals surface area contributed by atoms with Crippen molar-refractivity contribution in [1.29, 1.82) is 0 Å². The van der Waals surface area contributed by atoms with Crippen LogP contribution < -0.4 is 5.32 Å². The number of aryl methyl sites for hydroxylation is 1. The fourth-order valence-electron chi connectivity index (χ4n) is 2.45. The lowest BCUT2D eigenvalue weighted by atomic mass is 10.1. The molecule has 2 aromatic carbocycles. The van der Waals surface area contributed by atoms with Crippen LogP contribution in [0.2, 0.25) is 0 Å². The molecule has 3 rings (SSSR count). The van der Waals surface area contributed by atoms with Crippen LogP contribution in [0.1, 0.15) is 12.0 Å². The molecule has 0 radical (unpaired) electrons. The smallest absolute Gasteiger partial charge is 0.225 e. The fourth-order valence-corrected chi connectivity index (χ4v) is 2.45. The number of benzene rings is 2. The molecule has 0 saturated carbocycles. The van der Waals surface area contributed by atoms with Crippen LogP contribution in [0.3, 0.4) is 0 Å². The van der Waals surface area contributed by atoms with Crippen molar-refractivity contribution >= 4 is 11.7 Å². The summed E-state index contributed by atoms with van der Waals surface area (Å²) in [6.45, 7) is 0. The number of halogens is 1. The molecule has 0 aliphatic carbocycles. The van der Waals surface area contributed by atoms with E-state index in [4.69, 9.17) is 0 Å². The van der Waals surface area contributed by atoms with Gasteiger partial charge in [-0.05, 0) is 47.9 Å². The van der Waals surface area contributed by atoms with Crippen LogP contribution >= 0.6 is 0 Å². The first kappa shape index (κ1) is 16.6. The molecule has 0 unspecified atom stereocenters. The minimum atomic E-state index is -0.299. The van der Waals surface area contributed by atoms with Gasteiger partial charge >= 0.3 is 0 Å². The number of pyridine rings is 1. The number of aromatic nitrogens is 1. The van der Waals surface area contributed by atoms with Gasteiger partial charge in [-0.2, -0.15) is 0 Å². The average Bonchev–Trinajstić information content (AvgIpc) is 2.62. The van der Waals surface area contributed by atoms with Crippen molar-refractivity contribution in [2.45, 2.75) is 12.8 Å². The first-order chi connectivity index (χ1) is 12.1. The van der Waals surface area contributed by atoms with E-state index in [1.54, 1.807) is 54.7 Å². The summed E-state index contributed by atoms with van der Waals surface area (Å²) in [6, 6.07) is 16.8. The monoisotopic (exact) mass is 336 g/mol. The SMILES string of the molecule is O=C(CCc1ccccc1F)Nc1ccc(-c2ccc(O)cc2)cn1. The Morgan fingerprint density at radius 3 is 2.40 bits per heavy atom. The third-order valence-electron chi connectivity index (χ3n) is 3.81. The molecule has 2 N–H and O–H groups in total. The Kier molecular flexibility index (Phi) is 5.04. The number of amides is 1. The predicted molar refractivity (Wildman–Crippen MR) is 94.7 cm³/mol. The number of carbonyl (C=O) groups excluding carboxylic acids is 1.